The molecular formula is C12H15IN2O4S. The van der Waals surface area contributed by atoms with Crippen molar-refractivity contribution in [3.63, 3.8) is 0 Å². The zero-order valence-electron chi connectivity index (χ0n) is 11.3. The van der Waals surface area contributed by atoms with Crippen LogP contribution in [0.2, 0.25) is 0 Å². The highest BCUT2D eigenvalue weighted by molar-refractivity contribution is 14.1. The first-order chi connectivity index (χ1) is 9.24. The zero-order chi connectivity index (χ0) is 15.1. The molecule has 2 aromatic heterocycles. The van der Waals surface area contributed by atoms with Crippen LogP contribution in [0.25, 0.3) is 5.65 Å². The normalized spacial score (nSPS) is 12.8. The van der Waals surface area contributed by atoms with Crippen LogP contribution in [0.4, 0.5) is 0 Å². The van der Waals surface area contributed by atoms with Gasteiger partial charge >= 0.3 is 0 Å². The molecule has 2 aromatic rings. The number of hydrogen-bond donors (Lipinski definition) is 1. The number of aromatic nitrogens is 2. The lowest BCUT2D eigenvalue weighted by molar-refractivity contribution is 0.257. The highest BCUT2D eigenvalue weighted by atomic mass is 127. The second-order valence-electron chi connectivity index (χ2n) is 4.94. The predicted octanol–water partition coefficient (Wildman–Crippen LogP) is 1.49. The molecule has 20 heavy (non-hydrogen) atoms. The van der Waals surface area contributed by atoms with Crippen molar-refractivity contribution in [2.24, 2.45) is 0 Å². The van der Waals surface area contributed by atoms with Crippen molar-refractivity contribution >= 4 is 38.1 Å². The van der Waals surface area contributed by atoms with Crippen LogP contribution >= 0.6 is 22.6 Å². The Morgan fingerprint density at radius 2 is 2.15 bits per heavy atom. The third kappa shape index (κ3) is 2.29. The maximum atomic E-state index is 12.7. The van der Waals surface area contributed by atoms with E-state index in [1.54, 1.807) is 16.7 Å². The van der Waals surface area contributed by atoms with E-state index in [-0.39, 0.29) is 10.6 Å². The Labute approximate surface area is 130 Å². The highest BCUT2D eigenvalue weighted by Crippen LogP contribution is 2.33. The van der Waals surface area contributed by atoms with E-state index in [9.17, 15) is 13.5 Å². The number of aliphatic hydroxyl groups is 1. The fourth-order valence-corrected chi connectivity index (χ4v) is 3.64. The summed E-state index contributed by atoms with van der Waals surface area (Å²) >= 11 is 2.07. The summed E-state index contributed by atoms with van der Waals surface area (Å²) in [6.45, 7) is 2.48. The van der Waals surface area contributed by atoms with Crippen molar-refractivity contribution in [2.45, 2.75) is 23.5 Å². The minimum Gasteiger partial charge on any atom is -0.495 e. The summed E-state index contributed by atoms with van der Waals surface area (Å²) in [4.78, 5) is 4.21. The molecule has 0 atom stereocenters. The van der Waals surface area contributed by atoms with Gasteiger partial charge in [0.2, 0.25) is 0 Å². The van der Waals surface area contributed by atoms with Gasteiger partial charge in [0.25, 0.3) is 0 Å². The highest BCUT2D eigenvalue weighted by Gasteiger charge is 2.37. The van der Waals surface area contributed by atoms with E-state index in [2.05, 4.69) is 27.6 Å². The number of imidazole rings is 1. The Kier molecular flexibility index (Phi) is 4.00. The van der Waals surface area contributed by atoms with E-state index in [4.69, 9.17) is 4.74 Å². The van der Waals surface area contributed by atoms with Gasteiger partial charge in [0.15, 0.2) is 9.84 Å². The summed E-state index contributed by atoms with van der Waals surface area (Å²) in [5.41, 5.74) is 0.604. The standard InChI is InChI=1S/C12H15IN2O4S/c1-12(2,7-16)20(17,18)9-6-15-10(13)5-14-11(15)4-8(9)19-3/h4-6,16H,7H2,1-3H3. The second-order valence-corrected chi connectivity index (χ2v) is 8.59. The van der Waals surface area contributed by atoms with E-state index < -0.39 is 21.2 Å². The van der Waals surface area contributed by atoms with Crippen molar-refractivity contribution in [3.8, 4) is 5.75 Å². The van der Waals surface area contributed by atoms with Gasteiger partial charge in [0.05, 0.1) is 24.7 Å². The third-order valence-electron chi connectivity index (χ3n) is 3.15. The largest absolute Gasteiger partial charge is 0.495 e. The third-order valence-corrected chi connectivity index (χ3v) is 6.42. The van der Waals surface area contributed by atoms with Crippen LogP contribution in [0, 0.1) is 3.70 Å². The molecule has 0 aromatic carbocycles. The van der Waals surface area contributed by atoms with E-state index in [1.165, 1.54) is 27.2 Å². The molecular weight excluding hydrogens is 395 g/mol. The average molecular weight is 410 g/mol. The van der Waals surface area contributed by atoms with Crippen molar-refractivity contribution < 1.29 is 18.3 Å². The maximum Gasteiger partial charge on any atom is 0.190 e. The van der Waals surface area contributed by atoms with Gasteiger partial charge < -0.3 is 9.84 Å². The number of hydrogen-bond acceptors (Lipinski definition) is 5. The first-order valence-electron chi connectivity index (χ1n) is 5.80. The van der Waals surface area contributed by atoms with Crippen LogP contribution in [0.3, 0.4) is 0 Å². The molecule has 110 valence electrons. The van der Waals surface area contributed by atoms with E-state index in [0.29, 0.717) is 5.65 Å². The van der Waals surface area contributed by atoms with Gasteiger partial charge in [0, 0.05) is 12.3 Å². The fraction of sp³-hybridized carbons (Fsp3) is 0.417. The lowest BCUT2D eigenvalue weighted by Crippen LogP contribution is -2.36. The summed E-state index contributed by atoms with van der Waals surface area (Å²) in [7, 11) is -2.34. The van der Waals surface area contributed by atoms with Gasteiger partial charge in [-0.05, 0) is 36.4 Å². The Morgan fingerprint density at radius 3 is 2.70 bits per heavy atom. The van der Waals surface area contributed by atoms with Gasteiger partial charge in [-0.25, -0.2) is 13.4 Å². The number of methoxy groups -OCH3 is 1. The molecule has 8 heteroatoms. The average Bonchev–Trinajstić information content (AvgIpc) is 2.78. The van der Waals surface area contributed by atoms with Crippen molar-refractivity contribution in [1.82, 2.24) is 9.38 Å². The van der Waals surface area contributed by atoms with E-state index >= 15 is 0 Å². The molecule has 0 radical (unpaired) electrons. The van der Waals surface area contributed by atoms with Gasteiger partial charge in [-0.2, -0.15) is 0 Å². The molecule has 1 N–H and O–H groups in total. The first kappa shape index (κ1) is 15.5. The smallest absolute Gasteiger partial charge is 0.190 e. The lowest BCUT2D eigenvalue weighted by Gasteiger charge is -2.23. The molecule has 0 bridgehead atoms. The zero-order valence-corrected chi connectivity index (χ0v) is 14.3. The van der Waals surface area contributed by atoms with Crippen LogP contribution in [0.15, 0.2) is 23.4 Å². The number of aliphatic hydroxyl groups excluding tert-OH is 1. The fourth-order valence-electron chi connectivity index (χ4n) is 1.70. The van der Waals surface area contributed by atoms with Crippen LogP contribution < -0.4 is 4.74 Å². The van der Waals surface area contributed by atoms with Gasteiger partial charge in [-0.15, -0.1) is 0 Å². The quantitative estimate of drug-likeness (QED) is 0.773. The summed E-state index contributed by atoms with van der Waals surface area (Å²) in [6, 6.07) is 1.57. The number of sulfone groups is 1. The molecule has 0 fully saturated rings. The van der Waals surface area contributed by atoms with Crippen LogP contribution in [-0.2, 0) is 9.84 Å². The Bertz CT molecular complexity index is 752. The molecule has 0 saturated carbocycles. The number of fused-ring (bicyclic) bond motifs is 1. The van der Waals surface area contributed by atoms with E-state index in [1.807, 2.05) is 0 Å². The molecule has 0 saturated heterocycles. The Balaban J connectivity index is 2.79. The Morgan fingerprint density at radius 1 is 1.50 bits per heavy atom. The SMILES string of the molecule is COc1cc2ncc(I)n2cc1S(=O)(=O)C(C)(C)CO. The molecule has 0 spiro atoms. The van der Waals surface area contributed by atoms with Crippen LogP contribution in [0.5, 0.6) is 5.75 Å². The summed E-state index contributed by atoms with van der Waals surface area (Å²) in [5.74, 6) is 0.223. The topological polar surface area (TPSA) is 80.9 Å². The molecule has 0 amide bonds. The predicted molar refractivity (Wildman–Crippen MR) is 82.8 cm³/mol. The molecule has 2 rings (SSSR count). The summed E-state index contributed by atoms with van der Waals surface area (Å²) < 4.78 is 31.7. The van der Waals surface area contributed by atoms with Gasteiger partial charge in [-0.1, -0.05) is 0 Å². The first-order valence-corrected chi connectivity index (χ1v) is 8.37. The summed E-state index contributed by atoms with van der Waals surface area (Å²) in [6.07, 6.45) is 3.12. The minimum atomic E-state index is -3.74. The molecule has 2 heterocycles. The van der Waals surface area contributed by atoms with E-state index in [0.717, 1.165) is 3.70 Å². The summed E-state index contributed by atoms with van der Waals surface area (Å²) in [5, 5.41) is 9.34. The molecule has 6 nitrogen and oxygen atoms in total. The van der Waals surface area contributed by atoms with Gasteiger partial charge in [-0.3, -0.25) is 4.40 Å². The molecule has 0 aliphatic rings. The van der Waals surface area contributed by atoms with Crippen molar-refractivity contribution in [1.29, 1.82) is 0 Å². The lowest BCUT2D eigenvalue weighted by atomic mass is 10.2. The van der Waals surface area contributed by atoms with Gasteiger partial charge in [0.1, 0.15) is 20.0 Å². The number of pyridine rings is 1. The molecule has 0 unspecified atom stereocenters. The Hall–Kier alpha value is -0.870. The molecule has 0 aliphatic heterocycles. The van der Waals surface area contributed by atoms with Crippen LogP contribution in [-0.4, -0.2) is 41.4 Å². The number of ether oxygens (including phenoxy) is 1. The monoisotopic (exact) mass is 410 g/mol. The van der Waals surface area contributed by atoms with Crippen LogP contribution in [0.1, 0.15) is 13.8 Å². The minimum absolute atomic E-state index is 0.0440. The molecule has 0 aliphatic carbocycles. The second kappa shape index (κ2) is 5.15. The number of rotatable bonds is 4. The number of halogens is 1. The number of nitrogens with zero attached hydrogens (tertiary/aromatic N) is 2. The van der Waals surface area contributed by atoms with Crippen molar-refractivity contribution in [3.05, 3.63) is 22.2 Å². The van der Waals surface area contributed by atoms with Crippen molar-refractivity contribution in [2.75, 3.05) is 13.7 Å². The maximum absolute atomic E-state index is 12.7.